The van der Waals surface area contributed by atoms with Gasteiger partial charge in [0.05, 0.1) is 5.69 Å². The molecular formula is C19H13BrN6O3. The van der Waals surface area contributed by atoms with Gasteiger partial charge in [0.15, 0.2) is 12.1 Å². The molecule has 2 amide bonds. The van der Waals surface area contributed by atoms with E-state index in [1.807, 2.05) is 30.3 Å². The van der Waals surface area contributed by atoms with Crippen LogP contribution in [0.4, 0.5) is 5.69 Å². The van der Waals surface area contributed by atoms with Crippen LogP contribution in [0.25, 0.3) is 11.4 Å². The van der Waals surface area contributed by atoms with E-state index in [-0.39, 0.29) is 18.3 Å². The molecule has 10 heteroatoms. The zero-order chi connectivity index (χ0) is 20.0. The molecule has 1 fully saturated rings. The molecule has 144 valence electrons. The van der Waals surface area contributed by atoms with Gasteiger partial charge in [-0.2, -0.15) is 10.1 Å². The van der Waals surface area contributed by atoms with Crippen LogP contribution in [0.2, 0.25) is 0 Å². The molecule has 2 aliphatic heterocycles. The topological polar surface area (TPSA) is 104 Å². The fourth-order valence-corrected chi connectivity index (χ4v) is 3.62. The number of fused-ring (bicyclic) bond motifs is 1. The highest BCUT2D eigenvalue weighted by molar-refractivity contribution is 9.10. The number of hydrogen-bond donors (Lipinski definition) is 0. The highest BCUT2D eigenvalue weighted by atomic mass is 79.9. The van der Waals surface area contributed by atoms with Crippen LogP contribution in [0.1, 0.15) is 5.89 Å². The molecule has 2 atom stereocenters. The van der Waals surface area contributed by atoms with E-state index in [2.05, 4.69) is 36.4 Å². The molecule has 0 radical (unpaired) electrons. The smallest absolute Gasteiger partial charge is 0.263 e. The molecule has 1 aromatic heterocycles. The standard InChI is InChI=1S/C19H13BrN6O3/c20-12-6-8-13(9-7-12)26-18(27)15-16(19(26)28)25(24-22-15)10-14-21-17(23-29-14)11-4-2-1-3-5-11/h1-9,15-16H,10H2/t15-,16+/m1/s1. The van der Waals surface area contributed by atoms with Crippen molar-refractivity contribution < 1.29 is 14.1 Å². The Bertz CT molecular complexity index is 1110. The van der Waals surface area contributed by atoms with Crippen molar-refractivity contribution in [2.24, 2.45) is 10.3 Å². The van der Waals surface area contributed by atoms with Crippen molar-refractivity contribution in [2.45, 2.75) is 18.6 Å². The molecule has 9 nitrogen and oxygen atoms in total. The quantitative estimate of drug-likeness (QED) is 0.563. The van der Waals surface area contributed by atoms with Crippen LogP contribution in [0.3, 0.4) is 0 Å². The first-order chi connectivity index (χ1) is 14.1. The Kier molecular flexibility index (Phi) is 4.20. The molecule has 0 N–H and O–H groups in total. The largest absolute Gasteiger partial charge is 0.337 e. The molecular weight excluding hydrogens is 440 g/mol. The molecule has 0 spiro atoms. The van der Waals surface area contributed by atoms with E-state index in [4.69, 9.17) is 4.52 Å². The summed E-state index contributed by atoms with van der Waals surface area (Å²) >= 11 is 3.34. The first kappa shape index (κ1) is 17.7. The van der Waals surface area contributed by atoms with Crippen molar-refractivity contribution >= 4 is 33.4 Å². The first-order valence-corrected chi connectivity index (χ1v) is 9.60. The summed E-state index contributed by atoms with van der Waals surface area (Å²) in [4.78, 5) is 31.2. The van der Waals surface area contributed by atoms with Crippen LogP contribution in [0.15, 0.2) is 73.9 Å². The number of carbonyl (C=O) groups excluding carboxylic acids is 2. The second-order valence-electron chi connectivity index (χ2n) is 6.56. The third-order valence-corrected chi connectivity index (χ3v) is 5.27. The molecule has 1 saturated heterocycles. The zero-order valence-corrected chi connectivity index (χ0v) is 16.4. The molecule has 3 aromatic rings. The highest BCUT2D eigenvalue weighted by Crippen LogP contribution is 2.33. The average molecular weight is 453 g/mol. The van der Waals surface area contributed by atoms with Crippen LogP contribution in [0, 0.1) is 0 Å². The van der Waals surface area contributed by atoms with Gasteiger partial charge in [-0.25, -0.2) is 4.90 Å². The Balaban J connectivity index is 1.37. The summed E-state index contributed by atoms with van der Waals surface area (Å²) in [6.45, 7) is 0.0810. The maximum absolute atomic E-state index is 13.0. The summed E-state index contributed by atoms with van der Waals surface area (Å²) in [7, 11) is 0. The lowest BCUT2D eigenvalue weighted by Gasteiger charge is -2.19. The van der Waals surface area contributed by atoms with E-state index in [9.17, 15) is 9.59 Å². The first-order valence-electron chi connectivity index (χ1n) is 8.80. The summed E-state index contributed by atoms with van der Waals surface area (Å²) in [5.74, 6) is -0.0522. The van der Waals surface area contributed by atoms with Gasteiger partial charge >= 0.3 is 0 Å². The third kappa shape index (κ3) is 3.01. The van der Waals surface area contributed by atoms with Gasteiger partial charge in [0.2, 0.25) is 11.7 Å². The Morgan fingerprint density at radius 3 is 2.52 bits per heavy atom. The maximum atomic E-state index is 13.0. The summed E-state index contributed by atoms with van der Waals surface area (Å²) in [5.41, 5.74) is 1.31. The van der Waals surface area contributed by atoms with E-state index in [1.165, 1.54) is 5.01 Å². The summed E-state index contributed by atoms with van der Waals surface area (Å²) in [6, 6.07) is 14.6. The van der Waals surface area contributed by atoms with Gasteiger partial charge < -0.3 is 4.52 Å². The zero-order valence-electron chi connectivity index (χ0n) is 14.8. The van der Waals surface area contributed by atoms with E-state index in [1.54, 1.807) is 24.3 Å². The van der Waals surface area contributed by atoms with E-state index < -0.39 is 18.0 Å². The van der Waals surface area contributed by atoms with Crippen molar-refractivity contribution in [3.8, 4) is 11.4 Å². The minimum absolute atomic E-state index is 0.0810. The number of halogens is 1. The van der Waals surface area contributed by atoms with Gasteiger partial charge in [0, 0.05) is 10.0 Å². The summed E-state index contributed by atoms with van der Waals surface area (Å²) < 4.78 is 6.15. The van der Waals surface area contributed by atoms with Crippen molar-refractivity contribution in [1.82, 2.24) is 15.1 Å². The van der Waals surface area contributed by atoms with Crippen LogP contribution >= 0.6 is 15.9 Å². The molecule has 29 heavy (non-hydrogen) atoms. The van der Waals surface area contributed by atoms with Crippen molar-refractivity contribution in [3.05, 3.63) is 65.0 Å². The molecule has 3 heterocycles. The van der Waals surface area contributed by atoms with Gasteiger partial charge in [-0.15, -0.1) is 0 Å². The predicted octanol–water partition coefficient (Wildman–Crippen LogP) is 2.99. The molecule has 2 aliphatic rings. The Morgan fingerprint density at radius 2 is 1.76 bits per heavy atom. The number of imide groups is 1. The molecule has 0 saturated carbocycles. The molecule has 0 bridgehead atoms. The number of amides is 2. The molecule has 0 aliphatic carbocycles. The number of hydrogen-bond acceptors (Lipinski definition) is 8. The lowest BCUT2D eigenvalue weighted by molar-refractivity contribution is -0.123. The maximum Gasteiger partial charge on any atom is 0.263 e. The second kappa shape index (κ2) is 6.89. The Labute approximate surface area is 173 Å². The minimum Gasteiger partial charge on any atom is -0.337 e. The third-order valence-electron chi connectivity index (χ3n) is 4.74. The average Bonchev–Trinajstić information content (AvgIpc) is 3.43. The lowest BCUT2D eigenvalue weighted by Crippen LogP contribution is -2.39. The SMILES string of the molecule is O=C1[C@@H]2[C@@H](N=NN2Cc2nc(-c3ccccc3)no2)C(=O)N1c1ccc(Br)cc1. The van der Waals surface area contributed by atoms with Gasteiger partial charge in [-0.1, -0.05) is 56.6 Å². The van der Waals surface area contributed by atoms with Crippen LogP contribution in [0.5, 0.6) is 0 Å². The lowest BCUT2D eigenvalue weighted by atomic mass is 10.1. The van der Waals surface area contributed by atoms with Gasteiger partial charge in [0.25, 0.3) is 11.8 Å². The number of rotatable bonds is 4. The molecule has 5 rings (SSSR count). The number of anilines is 1. The summed E-state index contributed by atoms with van der Waals surface area (Å²) in [5, 5.41) is 13.4. The Morgan fingerprint density at radius 1 is 1.00 bits per heavy atom. The number of carbonyl (C=O) groups is 2. The predicted molar refractivity (Wildman–Crippen MR) is 104 cm³/mol. The van der Waals surface area contributed by atoms with E-state index in [0.717, 1.165) is 14.9 Å². The van der Waals surface area contributed by atoms with Crippen molar-refractivity contribution in [1.29, 1.82) is 0 Å². The number of aromatic nitrogens is 2. The van der Waals surface area contributed by atoms with Crippen LogP contribution < -0.4 is 4.90 Å². The molecule has 2 aromatic carbocycles. The number of benzene rings is 2. The Hall–Kier alpha value is -3.40. The van der Waals surface area contributed by atoms with Crippen LogP contribution in [-0.4, -0.2) is 39.0 Å². The van der Waals surface area contributed by atoms with Crippen LogP contribution in [-0.2, 0) is 16.1 Å². The van der Waals surface area contributed by atoms with Gasteiger partial charge in [-0.3, -0.25) is 14.6 Å². The van der Waals surface area contributed by atoms with Gasteiger partial charge in [0.1, 0.15) is 6.54 Å². The minimum atomic E-state index is -0.873. The highest BCUT2D eigenvalue weighted by Gasteiger charge is 2.55. The van der Waals surface area contributed by atoms with E-state index >= 15 is 0 Å². The van der Waals surface area contributed by atoms with E-state index in [0.29, 0.717) is 11.5 Å². The normalized spacial score (nSPS) is 20.6. The van der Waals surface area contributed by atoms with Crippen molar-refractivity contribution in [2.75, 3.05) is 4.90 Å². The number of nitrogens with zero attached hydrogens (tertiary/aromatic N) is 6. The van der Waals surface area contributed by atoms with Crippen molar-refractivity contribution in [3.63, 3.8) is 0 Å². The molecule has 0 unspecified atom stereocenters. The fourth-order valence-electron chi connectivity index (χ4n) is 3.36. The summed E-state index contributed by atoms with van der Waals surface area (Å²) in [6.07, 6.45) is 0. The fraction of sp³-hybridized carbons (Fsp3) is 0.158. The monoisotopic (exact) mass is 452 g/mol. The second-order valence-corrected chi connectivity index (χ2v) is 7.47. The van der Waals surface area contributed by atoms with Gasteiger partial charge in [-0.05, 0) is 24.3 Å².